The Labute approximate surface area is 177 Å². The van der Waals surface area contributed by atoms with Crippen LogP contribution in [0.15, 0.2) is 28.0 Å². The maximum Gasteiger partial charge on any atom is 0.345 e. The summed E-state index contributed by atoms with van der Waals surface area (Å²) in [6, 6.07) is 5.93. The summed E-state index contributed by atoms with van der Waals surface area (Å²) in [5.74, 6) is 3.12. The molecule has 0 aliphatic carbocycles. The number of nitrogens with one attached hydrogen (secondary N) is 2. The summed E-state index contributed by atoms with van der Waals surface area (Å²) in [6.07, 6.45) is 4.70. The number of guanidine groups is 1. The molecular formula is C21H32N6O3. The highest BCUT2D eigenvalue weighted by Gasteiger charge is 2.16. The Kier molecular flexibility index (Phi) is 7.75. The first-order valence-electron chi connectivity index (χ1n) is 10.5. The number of aromatic nitrogens is 3. The van der Waals surface area contributed by atoms with Crippen LogP contribution in [0.4, 0.5) is 0 Å². The van der Waals surface area contributed by atoms with E-state index < -0.39 is 0 Å². The highest BCUT2D eigenvalue weighted by atomic mass is 16.5. The van der Waals surface area contributed by atoms with Crippen LogP contribution in [-0.4, -0.2) is 54.7 Å². The van der Waals surface area contributed by atoms with Gasteiger partial charge in [0.25, 0.3) is 0 Å². The van der Waals surface area contributed by atoms with Gasteiger partial charge in [-0.25, -0.2) is 9.48 Å². The Balaban J connectivity index is 1.40. The number of hydrogen-bond acceptors (Lipinski definition) is 5. The topological polar surface area (TPSA) is 94.7 Å². The minimum atomic E-state index is 0.0159. The first-order chi connectivity index (χ1) is 14.7. The van der Waals surface area contributed by atoms with Gasteiger partial charge in [0.05, 0.1) is 14.2 Å². The number of rotatable bonds is 9. The number of hydrogen-bond donors (Lipinski definition) is 2. The van der Waals surface area contributed by atoms with E-state index in [1.807, 2.05) is 22.8 Å². The van der Waals surface area contributed by atoms with Gasteiger partial charge in [-0.3, -0.25) is 9.56 Å². The SMILES string of the molecule is CN=C(NCCCn1nc2n(c1=O)CCCC2)NCCc1ccc(OC)c(OC)c1. The number of ether oxygens (including phenoxy) is 2. The van der Waals surface area contributed by atoms with Gasteiger partial charge in [0.15, 0.2) is 17.5 Å². The molecule has 2 aromatic rings. The van der Waals surface area contributed by atoms with Crippen molar-refractivity contribution in [2.24, 2.45) is 4.99 Å². The van der Waals surface area contributed by atoms with E-state index in [9.17, 15) is 4.79 Å². The van der Waals surface area contributed by atoms with Crippen molar-refractivity contribution >= 4 is 5.96 Å². The fourth-order valence-electron chi connectivity index (χ4n) is 3.61. The van der Waals surface area contributed by atoms with Gasteiger partial charge in [0.2, 0.25) is 0 Å². The third kappa shape index (κ3) is 5.34. The quantitative estimate of drug-likeness (QED) is 0.362. The number of benzene rings is 1. The monoisotopic (exact) mass is 416 g/mol. The van der Waals surface area contributed by atoms with Crippen LogP contribution in [0, 0.1) is 0 Å². The number of methoxy groups -OCH3 is 2. The molecule has 0 radical (unpaired) electrons. The van der Waals surface area contributed by atoms with Crippen LogP contribution < -0.4 is 25.8 Å². The fraction of sp³-hybridized carbons (Fsp3) is 0.571. The zero-order chi connectivity index (χ0) is 21.3. The molecule has 0 amide bonds. The van der Waals surface area contributed by atoms with Crippen molar-refractivity contribution in [2.45, 2.75) is 45.2 Å². The van der Waals surface area contributed by atoms with Crippen molar-refractivity contribution < 1.29 is 9.47 Å². The minimum Gasteiger partial charge on any atom is -0.493 e. The van der Waals surface area contributed by atoms with Gasteiger partial charge >= 0.3 is 5.69 Å². The average molecular weight is 417 g/mol. The third-order valence-corrected chi connectivity index (χ3v) is 5.25. The lowest BCUT2D eigenvalue weighted by molar-refractivity contribution is 0.354. The summed E-state index contributed by atoms with van der Waals surface area (Å²) < 4.78 is 14.0. The van der Waals surface area contributed by atoms with Gasteiger partial charge < -0.3 is 20.1 Å². The smallest absolute Gasteiger partial charge is 0.345 e. The summed E-state index contributed by atoms with van der Waals surface area (Å²) >= 11 is 0. The Morgan fingerprint density at radius 1 is 1.17 bits per heavy atom. The molecule has 2 heterocycles. The molecular weight excluding hydrogens is 384 g/mol. The number of aliphatic imine (C=N–C) groups is 1. The van der Waals surface area contributed by atoms with Crippen molar-refractivity contribution in [3.05, 3.63) is 40.1 Å². The minimum absolute atomic E-state index is 0.0159. The van der Waals surface area contributed by atoms with E-state index in [0.717, 1.165) is 74.0 Å². The summed E-state index contributed by atoms with van der Waals surface area (Å²) in [7, 11) is 5.02. The molecule has 0 saturated carbocycles. The molecule has 0 fully saturated rings. The van der Waals surface area contributed by atoms with Crippen LogP contribution in [0.25, 0.3) is 0 Å². The molecule has 164 valence electrons. The van der Waals surface area contributed by atoms with E-state index in [4.69, 9.17) is 9.47 Å². The van der Waals surface area contributed by atoms with Crippen molar-refractivity contribution in [1.29, 1.82) is 0 Å². The molecule has 0 unspecified atom stereocenters. The molecule has 3 rings (SSSR count). The molecule has 1 aromatic heterocycles. The lowest BCUT2D eigenvalue weighted by Crippen LogP contribution is -2.39. The maximum absolute atomic E-state index is 12.4. The second-order valence-electron chi connectivity index (χ2n) is 7.25. The normalized spacial score (nSPS) is 13.6. The van der Waals surface area contributed by atoms with Gasteiger partial charge in [-0.05, 0) is 43.4 Å². The lowest BCUT2D eigenvalue weighted by atomic mass is 10.1. The number of nitrogens with zero attached hydrogens (tertiary/aromatic N) is 4. The van der Waals surface area contributed by atoms with Gasteiger partial charge in [0.1, 0.15) is 5.82 Å². The number of fused-ring (bicyclic) bond motifs is 1. The molecule has 30 heavy (non-hydrogen) atoms. The Hall–Kier alpha value is -2.97. The molecule has 1 aliphatic rings. The zero-order valence-corrected chi connectivity index (χ0v) is 18.1. The van der Waals surface area contributed by atoms with Crippen molar-refractivity contribution in [3.63, 3.8) is 0 Å². The largest absolute Gasteiger partial charge is 0.493 e. The average Bonchev–Trinajstić information content (AvgIpc) is 3.10. The van der Waals surface area contributed by atoms with Crippen LogP contribution in [-0.2, 0) is 25.9 Å². The molecule has 0 bridgehead atoms. The fourth-order valence-corrected chi connectivity index (χ4v) is 3.61. The molecule has 9 heteroatoms. The number of aryl methyl sites for hydroxylation is 2. The van der Waals surface area contributed by atoms with Gasteiger partial charge in [-0.1, -0.05) is 6.07 Å². The van der Waals surface area contributed by atoms with E-state index in [-0.39, 0.29) is 5.69 Å². The Morgan fingerprint density at radius 2 is 1.97 bits per heavy atom. The van der Waals surface area contributed by atoms with Crippen LogP contribution in [0.1, 0.15) is 30.7 Å². The highest BCUT2D eigenvalue weighted by Crippen LogP contribution is 2.27. The summed E-state index contributed by atoms with van der Waals surface area (Å²) in [5, 5.41) is 11.1. The van der Waals surface area contributed by atoms with E-state index >= 15 is 0 Å². The molecule has 1 aromatic carbocycles. The van der Waals surface area contributed by atoms with Crippen molar-refractivity contribution in [3.8, 4) is 11.5 Å². The van der Waals surface area contributed by atoms with Gasteiger partial charge in [-0.2, -0.15) is 5.10 Å². The van der Waals surface area contributed by atoms with Gasteiger partial charge in [0, 0.05) is 39.6 Å². The molecule has 0 atom stereocenters. The van der Waals surface area contributed by atoms with E-state index in [0.29, 0.717) is 13.1 Å². The van der Waals surface area contributed by atoms with Crippen molar-refractivity contribution in [1.82, 2.24) is 25.0 Å². The summed E-state index contributed by atoms with van der Waals surface area (Å²) in [5.41, 5.74) is 1.17. The summed E-state index contributed by atoms with van der Waals surface area (Å²) in [4.78, 5) is 16.6. The summed E-state index contributed by atoms with van der Waals surface area (Å²) in [6.45, 7) is 2.85. The lowest BCUT2D eigenvalue weighted by Gasteiger charge is -2.13. The van der Waals surface area contributed by atoms with Crippen molar-refractivity contribution in [2.75, 3.05) is 34.4 Å². The predicted octanol–water partition coefficient (Wildman–Crippen LogP) is 1.20. The molecule has 2 N–H and O–H groups in total. The van der Waals surface area contributed by atoms with Crippen LogP contribution >= 0.6 is 0 Å². The second-order valence-corrected chi connectivity index (χ2v) is 7.25. The molecule has 0 saturated heterocycles. The van der Waals surface area contributed by atoms with Crippen LogP contribution in [0.2, 0.25) is 0 Å². The molecule has 0 spiro atoms. The van der Waals surface area contributed by atoms with E-state index in [1.54, 1.807) is 25.9 Å². The van der Waals surface area contributed by atoms with Crippen LogP contribution in [0.5, 0.6) is 11.5 Å². The molecule has 1 aliphatic heterocycles. The maximum atomic E-state index is 12.4. The first-order valence-corrected chi connectivity index (χ1v) is 10.5. The van der Waals surface area contributed by atoms with E-state index in [2.05, 4.69) is 20.7 Å². The van der Waals surface area contributed by atoms with Gasteiger partial charge in [-0.15, -0.1) is 0 Å². The highest BCUT2D eigenvalue weighted by molar-refractivity contribution is 5.79. The third-order valence-electron chi connectivity index (χ3n) is 5.25. The van der Waals surface area contributed by atoms with E-state index in [1.165, 1.54) is 0 Å². The predicted molar refractivity (Wildman–Crippen MR) is 117 cm³/mol. The first kappa shape index (κ1) is 21.7. The standard InChI is InChI=1S/C21H32N6O3/c1-22-20(24-12-10-16-8-9-17(29-2)18(15-16)30-3)23-11-6-14-27-21(28)26-13-5-4-7-19(26)25-27/h8-9,15H,4-7,10-14H2,1-3H3,(H2,22,23,24). The second kappa shape index (κ2) is 10.7. The van der Waals surface area contributed by atoms with Crippen LogP contribution in [0.3, 0.4) is 0 Å². The molecule has 9 nitrogen and oxygen atoms in total. The Morgan fingerprint density at radius 3 is 2.70 bits per heavy atom. The zero-order valence-electron chi connectivity index (χ0n) is 18.1. The Bertz CT molecular complexity index is 918.